The topological polar surface area (TPSA) is 57.6 Å². The predicted molar refractivity (Wildman–Crippen MR) is 78.7 cm³/mol. The van der Waals surface area contributed by atoms with Gasteiger partial charge in [-0.1, -0.05) is 25.8 Å². The zero-order valence-corrected chi connectivity index (χ0v) is 13.2. The van der Waals surface area contributed by atoms with Gasteiger partial charge in [0.2, 0.25) is 10.0 Å². The molecule has 1 aliphatic rings. The Morgan fingerprint density at radius 1 is 1.33 bits per heavy atom. The largest absolute Gasteiger partial charge is 0.392 e. The number of hydrogen-bond donors (Lipinski definition) is 1. The lowest BCUT2D eigenvalue weighted by Gasteiger charge is -2.35. The molecule has 1 N–H and O–H groups in total. The minimum atomic E-state index is -3.80. The van der Waals surface area contributed by atoms with Crippen LogP contribution < -0.4 is 0 Å². The van der Waals surface area contributed by atoms with Gasteiger partial charge in [-0.3, -0.25) is 0 Å². The fourth-order valence-corrected chi connectivity index (χ4v) is 4.77. The Balaban J connectivity index is 2.39. The van der Waals surface area contributed by atoms with Crippen molar-refractivity contribution in [2.24, 2.45) is 5.92 Å². The molecule has 118 valence electrons. The van der Waals surface area contributed by atoms with Gasteiger partial charge < -0.3 is 5.11 Å². The van der Waals surface area contributed by atoms with Crippen molar-refractivity contribution in [1.82, 2.24) is 4.31 Å². The molecular weight excluding hydrogens is 293 g/mol. The number of nitrogens with zero attached hydrogens (tertiary/aromatic N) is 1. The van der Waals surface area contributed by atoms with Gasteiger partial charge in [-0.2, -0.15) is 4.31 Å². The van der Waals surface area contributed by atoms with E-state index in [9.17, 15) is 17.9 Å². The highest BCUT2D eigenvalue weighted by Gasteiger charge is 2.34. The highest BCUT2D eigenvalue weighted by atomic mass is 32.2. The summed E-state index contributed by atoms with van der Waals surface area (Å²) in [5, 5.41) is 9.31. The van der Waals surface area contributed by atoms with Crippen LogP contribution in [0.1, 0.15) is 38.2 Å². The molecule has 2 rings (SSSR count). The van der Waals surface area contributed by atoms with Gasteiger partial charge in [0, 0.05) is 13.1 Å². The van der Waals surface area contributed by atoms with Gasteiger partial charge in [0.25, 0.3) is 0 Å². The number of benzene rings is 1. The zero-order valence-electron chi connectivity index (χ0n) is 12.4. The van der Waals surface area contributed by atoms with E-state index in [1.54, 1.807) is 7.05 Å². The summed E-state index contributed by atoms with van der Waals surface area (Å²) >= 11 is 0. The Morgan fingerprint density at radius 2 is 2.00 bits per heavy atom. The SMILES string of the molecule is CC1CCCCC1N(C)S(=O)(=O)c1cc(F)ccc1CO. The van der Waals surface area contributed by atoms with Crippen LogP contribution in [0.5, 0.6) is 0 Å². The van der Waals surface area contributed by atoms with Gasteiger partial charge in [0.15, 0.2) is 0 Å². The fraction of sp³-hybridized carbons (Fsp3) is 0.600. The minimum absolute atomic E-state index is 0.0708. The average Bonchev–Trinajstić information content (AvgIpc) is 2.47. The van der Waals surface area contributed by atoms with Crippen molar-refractivity contribution >= 4 is 10.0 Å². The van der Waals surface area contributed by atoms with Crippen molar-refractivity contribution < 1.29 is 17.9 Å². The molecule has 2 unspecified atom stereocenters. The molecule has 6 heteroatoms. The maximum absolute atomic E-state index is 13.4. The molecule has 1 saturated carbocycles. The Labute approximate surface area is 125 Å². The summed E-state index contributed by atoms with van der Waals surface area (Å²) in [6.45, 7) is 1.62. The molecule has 1 aromatic carbocycles. The summed E-state index contributed by atoms with van der Waals surface area (Å²) < 4.78 is 40.3. The molecule has 0 bridgehead atoms. The maximum Gasteiger partial charge on any atom is 0.243 e. The van der Waals surface area contributed by atoms with Crippen LogP contribution in [0.25, 0.3) is 0 Å². The van der Waals surface area contributed by atoms with E-state index in [0.29, 0.717) is 0 Å². The average molecular weight is 315 g/mol. The first-order chi connectivity index (χ1) is 9.87. The molecule has 0 aromatic heterocycles. The number of hydrogen-bond acceptors (Lipinski definition) is 3. The standard InChI is InChI=1S/C15H22FNO3S/c1-11-5-3-4-6-14(11)17(2)21(19,20)15-9-13(16)8-7-12(15)10-18/h7-9,11,14,18H,3-6,10H2,1-2H3. The third-order valence-electron chi connectivity index (χ3n) is 4.39. The molecule has 0 radical (unpaired) electrons. The quantitative estimate of drug-likeness (QED) is 0.929. The van der Waals surface area contributed by atoms with Crippen molar-refractivity contribution in [2.45, 2.75) is 50.2 Å². The van der Waals surface area contributed by atoms with Gasteiger partial charge in [0.05, 0.1) is 11.5 Å². The third kappa shape index (κ3) is 3.27. The van der Waals surface area contributed by atoms with Crippen molar-refractivity contribution in [3.63, 3.8) is 0 Å². The maximum atomic E-state index is 13.4. The summed E-state index contributed by atoms with van der Waals surface area (Å²) in [5.41, 5.74) is 0.228. The molecule has 4 nitrogen and oxygen atoms in total. The zero-order chi connectivity index (χ0) is 15.6. The van der Waals surface area contributed by atoms with Gasteiger partial charge in [-0.05, 0) is 36.5 Å². The van der Waals surface area contributed by atoms with E-state index in [0.717, 1.165) is 37.8 Å². The van der Waals surface area contributed by atoms with Crippen molar-refractivity contribution in [3.05, 3.63) is 29.6 Å². The molecule has 0 saturated heterocycles. The molecule has 1 aliphatic carbocycles. The monoisotopic (exact) mass is 315 g/mol. The Kier molecular flexibility index (Phi) is 5.01. The fourth-order valence-electron chi connectivity index (χ4n) is 3.07. The van der Waals surface area contributed by atoms with Crippen LogP contribution in [0.3, 0.4) is 0 Å². The third-order valence-corrected chi connectivity index (χ3v) is 6.35. The molecule has 1 aromatic rings. The van der Waals surface area contributed by atoms with Crippen LogP contribution >= 0.6 is 0 Å². The molecule has 1 fully saturated rings. The van der Waals surface area contributed by atoms with Gasteiger partial charge in [0.1, 0.15) is 5.82 Å². The van der Waals surface area contributed by atoms with E-state index in [2.05, 4.69) is 0 Å². The Bertz CT molecular complexity index is 603. The lowest BCUT2D eigenvalue weighted by Crippen LogP contribution is -2.42. The van der Waals surface area contributed by atoms with Crippen molar-refractivity contribution in [3.8, 4) is 0 Å². The van der Waals surface area contributed by atoms with Gasteiger partial charge in [-0.25, -0.2) is 12.8 Å². The van der Waals surface area contributed by atoms with Crippen LogP contribution in [-0.4, -0.2) is 30.9 Å². The molecule has 21 heavy (non-hydrogen) atoms. The molecule has 0 amide bonds. The second-order valence-electron chi connectivity index (χ2n) is 5.76. The van der Waals surface area contributed by atoms with E-state index in [1.165, 1.54) is 10.4 Å². The number of aliphatic hydroxyl groups excluding tert-OH is 1. The summed E-state index contributed by atoms with van der Waals surface area (Å²) in [4.78, 5) is -0.134. The van der Waals surface area contributed by atoms with Crippen LogP contribution in [0, 0.1) is 11.7 Å². The number of halogens is 1. The van der Waals surface area contributed by atoms with Crippen LogP contribution in [-0.2, 0) is 16.6 Å². The van der Waals surface area contributed by atoms with Crippen LogP contribution in [0.4, 0.5) is 4.39 Å². The predicted octanol–water partition coefficient (Wildman–Crippen LogP) is 2.52. The first-order valence-electron chi connectivity index (χ1n) is 7.25. The lowest BCUT2D eigenvalue weighted by molar-refractivity contribution is 0.213. The normalized spacial score (nSPS) is 23.5. The van der Waals surface area contributed by atoms with Gasteiger partial charge in [-0.15, -0.1) is 0 Å². The molecule has 0 aliphatic heterocycles. The Hall–Kier alpha value is -0.980. The molecule has 0 spiro atoms. The molecule has 0 heterocycles. The van der Waals surface area contributed by atoms with Crippen molar-refractivity contribution in [1.29, 1.82) is 0 Å². The van der Waals surface area contributed by atoms with E-state index in [-0.39, 0.29) is 22.4 Å². The lowest BCUT2D eigenvalue weighted by atomic mass is 9.86. The smallest absolute Gasteiger partial charge is 0.243 e. The number of aliphatic hydroxyl groups is 1. The van der Waals surface area contributed by atoms with E-state index in [1.807, 2.05) is 6.92 Å². The van der Waals surface area contributed by atoms with Crippen LogP contribution in [0.15, 0.2) is 23.1 Å². The summed E-state index contributed by atoms with van der Waals surface area (Å²) in [5.74, 6) is -0.333. The summed E-state index contributed by atoms with van der Waals surface area (Å²) in [7, 11) is -2.25. The molecule has 2 atom stereocenters. The minimum Gasteiger partial charge on any atom is -0.392 e. The summed E-state index contributed by atoms with van der Waals surface area (Å²) in [6.07, 6.45) is 3.94. The first kappa shape index (κ1) is 16.4. The summed E-state index contributed by atoms with van der Waals surface area (Å²) in [6, 6.07) is 3.40. The van der Waals surface area contributed by atoms with Crippen LogP contribution in [0.2, 0.25) is 0 Å². The second kappa shape index (κ2) is 6.42. The highest BCUT2D eigenvalue weighted by molar-refractivity contribution is 7.89. The van der Waals surface area contributed by atoms with Gasteiger partial charge >= 0.3 is 0 Å². The van der Waals surface area contributed by atoms with Crippen molar-refractivity contribution in [2.75, 3.05) is 7.05 Å². The number of sulfonamides is 1. The molecular formula is C15H22FNO3S. The Morgan fingerprint density at radius 3 is 2.62 bits per heavy atom. The highest BCUT2D eigenvalue weighted by Crippen LogP contribution is 2.31. The second-order valence-corrected chi connectivity index (χ2v) is 7.73. The number of rotatable bonds is 4. The van der Waals surface area contributed by atoms with E-state index < -0.39 is 22.4 Å². The van der Waals surface area contributed by atoms with E-state index in [4.69, 9.17) is 0 Å². The van der Waals surface area contributed by atoms with E-state index >= 15 is 0 Å². The first-order valence-corrected chi connectivity index (χ1v) is 8.69.